The lowest BCUT2D eigenvalue weighted by molar-refractivity contribution is -0.142. The van der Waals surface area contributed by atoms with Crippen LogP contribution in [0.25, 0.3) is 0 Å². The van der Waals surface area contributed by atoms with E-state index in [1.54, 1.807) is 42.3 Å². The predicted octanol–water partition coefficient (Wildman–Crippen LogP) is 5.07. The van der Waals surface area contributed by atoms with Crippen molar-refractivity contribution >= 4 is 35.0 Å². The number of rotatable bonds is 9. The molecule has 0 saturated carbocycles. The topological polar surface area (TPSA) is 58.6 Å². The monoisotopic (exact) mass is 484 g/mol. The molecule has 0 saturated heterocycles. The maximum Gasteiger partial charge on any atom is 0.261 e. The van der Waals surface area contributed by atoms with Crippen molar-refractivity contribution in [3.63, 3.8) is 0 Å². The molecule has 33 heavy (non-hydrogen) atoms. The average Bonchev–Trinajstić information content (AvgIpc) is 2.83. The summed E-state index contributed by atoms with van der Waals surface area (Å²) in [6.07, 6.45) is 0.375. The third-order valence-corrected chi connectivity index (χ3v) is 5.95. The smallest absolute Gasteiger partial charge is 0.261 e. The quantitative estimate of drug-likeness (QED) is 0.461. The van der Waals surface area contributed by atoms with Gasteiger partial charge in [-0.05, 0) is 53.9 Å². The minimum atomic E-state index is -0.712. The van der Waals surface area contributed by atoms with Gasteiger partial charge in [0.05, 0.1) is 0 Å². The Bertz CT molecular complexity index is 1090. The van der Waals surface area contributed by atoms with E-state index in [9.17, 15) is 9.59 Å². The third-order valence-electron chi connectivity index (χ3n) is 5.28. The zero-order valence-corrected chi connectivity index (χ0v) is 20.1. The molecule has 3 aromatic rings. The minimum Gasteiger partial charge on any atom is -0.484 e. The van der Waals surface area contributed by atoms with Crippen LogP contribution >= 0.6 is 23.2 Å². The Morgan fingerprint density at radius 3 is 2.30 bits per heavy atom. The van der Waals surface area contributed by atoms with E-state index in [0.717, 1.165) is 16.7 Å². The zero-order valence-electron chi connectivity index (χ0n) is 18.6. The SMILES string of the molecule is CNC(=O)[C@@H](Cc1ccccc1)N(Cc1ccc(Cl)cc1)C(=O)COc1ccc(Cl)c(C)c1. The van der Waals surface area contributed by atoms with Gasteiger partial charge in [-0.1, -0.05) is 65.7 Å². The van der Waals surface area contributed by atoms with Gasteiger partial charge in [-0.3, -0.25) is 9.59 Å². The highest BCUT2D eigenvalue weighted by atomic mass is 35.5. The van der Waals surface area contributed by atoms with E-state index >= 15 is 0 Å². The van der Waals surface area contributed by atoms with E-state index < -0.39 is 6.04 Å². The Morgan fingerprint density at radius 2 is 1.67 bits per heavy atom. The highest BCUT2D eigenvalue weighted by Gasteiger charge is 2.30. The molecule has 0 fully saturated rings. The van der Waals surface area contributed by atoms with E-state index in [0.29, 0.717) is 22.2 Å². The molecule has 0 aromatic heterocycles. The first-order valence-corrected chi connectivity index (χ1v) is 11.3. The molecule has 0 heterocycles. The molecule has 7 heteroatoms. The van der Waals surface area contributed by atoms with Crippen molar-refractivity contribution in [2.24, 2.45) is 0 Å². The summed E-state index contributed by atoms with van der Waals surface area (Å²) in [4.78, 5) is 27.8. The minimum absolute atomic E-state index is 0.211. The number of nitrogens with one attached hydrogen (secondary N) is 1. The van der Waals surface area contributed by atoms with Crippen LogP contribution in [0.1, 0.15) is 16.7 Å². The Morgan fingerprint density at radius 1 is 0.970 bits per heavy atom. The number of amides is 2. The molecule has 0 unspecified atom stereocenters. The van der Waals surface area contributed by atoms with E-state index in [1.807, 2.05) is 49.4 Å². The molecular weight excluding hydrogens is 459 g/mol. The standard InChI is InChI=1S/C26H26Cl2N2O3/c1-18-14-22(12-13-23(18)28)33-17-25(31)30(16-20-8-10-21(27)11-9-20)24(26(32)29-2)15-19-6-4-3-5-7-19/h3-14,24H,15-17H2,1-2H3,(H,29,32)/t24-/m1/s1. The maximum atomic E-state index is 13.4. The molecule has 0 radical (unpaired) electrons. The number of carbonyl (C=O) groups excluding carboxylic acids is 2. The number of aryl methyl sites for hydroxylation is 1. The molecule has 0 aliphatic rings. The molecule has 2 amide bonds. The summed E-state index contributed by atoms with van der Waals surface area (Å²) >= 11 is 12.1. The van der Waals surface area contributed by atoms with Crippen LogP contribution in [-0.2, 0) is 22.6 Å². The zero-order chi connectivity index (χ0) is 23.8. The highest BCUT2D eigenvalue weighted by Crippen LogP contribution is 2.22. The van der Waals surface area contributed by atoms with Gasteiger partial charge in [0.1, 0.15) is 11.8 Å². The van der Waals surface area contributed by atoms with Crippen molar-refractivity contribution in [3.8, 4) is 5.75 Å². The summed E-state index contributed by atoms with van der Waals surface area (Å²) in [7, 11) is 1.57. The molecule has 0 bridgehead atoms. The number of benzene rings is 3. The number of likely N-dealkylation sites (N-methyl/N-ethyl adjacent to an activating group) is 1. The Kier molecular flexibility index (Phi) is 8.75. The van der Waals surface area contributed by atoms with Crippen LogP contribution in [0, 0.1) is 6.92 Å². The van der Waals surface area contributed by atoms with Crippen molar-refractivity contribution in [3.05, 3.63) is 99.5 Å². The molecule has 0 spiro atoms. The lowest BCUT2D eigenvalue weighted by Gasteiger charge is -2.31. The molecule has 3 rings (SSSR count). The Hall–Kier alpha value is -3.02. The summed E-state index contributed by atoms with van der Waals surface area (Å²) < 4.78 is 5.75. The van der Waals surface area contributed by atoms with Crippen LogP contribution < -0.4 is 10.1 Å². The van der Waals surface area contributed by atoms with Crippen molar-refractivity contribution in [2.45, 2.75) is 25.9 Å². The fourth-order valence-corrected chi connectivity index (χ4v) is 3.69. The van der Waals surface area contributed by atoms with Gasteiger partial charge in [0.2, 0.25) is 5.91 Å². The van der Waals surface area contributed by atoms with E-state index in [1.165, 1.54) is 0 Å². The van der Waals surface area contributed by atoms with Crippen molar-refractivity contribution < 1.29 is 14.3 Å². The second-order valence-electron chi connectivity index (χ2n) is 7.67. The first-order valence-electron chi connectivity index (χ1n) is 10.6. The van der Waals surface area contributed by atoms with Gasteiger partial charge in [0, 0.05) is 30.1 Å². The molecule has 0 aliphatic heterocycles. The number of nitrogens with zero attached hydrogens (tertiary/aromatic N) is 1. The third kappa shape index (κ3) is 6.98. The number of ether oxygens (including phenoxy) is 1. The largest absolute Gasteiger partial charge is 0.484 e. The van der Waals surface area contributed by atoms with Crippen LogP contribution in [0.5, 0.6) is 5.75 Å². The van der Waals surface area contributed by atoms with E-state index in [4.69, 9.17) is 27.9 Å². The number of carbonyl (C=O) groups is 2. The van der Waals surface area contributed by atoms with Gasteiger partial charge in [0.15, 0.2) is 6.61 Å². The average molecular weight is 485 g/mol. The maximum absolute atomic E-state index is 13.4. The summed E-state index contributed by atoms with van der Waals surface area (Å²) in [6, 6.07) is 21.3. The van der Waals surface area contributed by atoms with Gasteiger partial charge in [-0.25, -0.2) is 0 Å². The Balaban J connectivity index is 1.86. The predicted molar refractivity (Wildman–Crippen MR) is 132 cm³/mol. The van der Waals surface area contributed by atoms with Gasteiger partial charge in [-0.15, -0.1) is 0 Å². The number of halogens is 2. The van der Waals surface area contributed by atoms with E-state index in [2.05, 4.69) is 5.32 Å². The number of hydrogen-bond acceptors (Lipinski definition) is 3. The van der Waals surface area contributed by atoms with Gasteiger partial charge >= 0.3 is 0 Å². The molecule has 5 nitrogen and oxygen atoms in total. The fourth-order valence-electron chi connectivity index (χ4n) is 3.44. The molecule has 1 N–H and O–H groups in total. The van der Waals surface area contributed by atoms with Gasteiger partial charge in [0.25, 0.3) is 5.91 Å². The second-order valence-corrected chi connectivity index (χ2v) is 8.51. The summed E-state index contributed by atoms with van der Waals surface area (Å²) in [5.74, 6) is -0.0122. The summed E-state index contributed by atoms with van der Waals surface area (Å²) in [5, 5.41) is 3.92. The molecular formula is C26H26Cl2N2O3. The molecule has 1 atom stereocenters. The molecule has 3 aromatic carbocycles. The normalized spacial score (nSPS) is 11.5. The Labute approximate surface area is 204 Å². The van der Waals surface area contributed by atoms with Crippen LogP contribution in [0.15, 0.2) is 72.8 Å². The first-order chi connectivity index (χ1) is 15.9. The lowest BCUT2D eigenvalue weighted by atomic mass is 10.0. The van der Waals surface area contributed by atoms with Crippen LogP contribution in [0.3, 0.4) is 0 Å². The van der Waals surface area contributed by atoms with Crippen molar-refractivity contribution in [2.75, 3.05) is 13.7 Å². The molecule has 0 aliphatic carbocycles. The molecule has 172 valence electrons. The second kappa shape index (κ2) is 11.7. The summed E-state index contributed by atoms with van der Waals surface area (Å²) in [5.41, 5.74) is 2.67. The van der Waals surface area contributed by atoms with Crippen molar-refractivity contribution in [1.29, 1.82) is 0 Å². The first kappa shape index (κ1) is 24.6. The van der Waals surface area contributed by atoms with Crippen LogP contribution in [0.4, 0.5) is 0 Å². The summed E-state index contributed by atoms with van der Waals surface area (Å²) in [6.45, 7) is 1.90. The lowest BCUT2D eigenvalue weighted by Crippen LogP contribution is -2.51. The van der Waals surface area contributed by atoms with E-state index in [-0.39, 0.29) is 25.0 Å². The highest BCUT2D eigenvalue weighted by molar-refractivity contribution is 6.31. The van der Waals surface area contributed by atoms with Crippen molar-refractivity contribution in [1.82, 2.24) is 10.2 Å². The van der Waals surface area contributed by atoms with Gasteiger partial charge in [-0.2, -0.15) is 0 Å². The van der Waals surface area contributed by atoms with Crippen LogP contribution in [-0.4, -0.2) is 36.4 Å². The van der Waals surface area contributed by atoms with Gasteiger partial charge < -0.3 is 15.0 Å². The fraction of sp³-hybridized carbons (Fsp3) is 0.231. The van der Waals surface area contributed by atoms with Crippen LogP contribution in [0.2, 0.25) is 10.0 Å². The number of hydrogen-bond donors (Lipinski definition) is 1.